The SMILES string of the molecule is C/C=C/C=c1/[nH]c(=O)/c(=C\CCCCC)[nH]c1=O. The summed E-state index contributed by atoms with van der Waals surface area (Å²) in [5, 5.41) is 0.637. The molecule has 1 aromatic heterocycles. The van der Waals surface area contributed by atoms with Crippen molar-refractivity contribution in [3.8, 4) is 0 Å². The molecule has 0 saturated carbocycles. The van der Waals surface area contributed by atoms with Crippen LogP contribution < -0.4 is 21.8 Å². The van der Waals surface area contributed by atoms with Gasteiger partial charge in [0, 0.05) is 0 Å². The van der Waals surface area contributed by atoms with Gasteiger partial charge in [0.2, 0.25) is 0 Å². The maximum atomic E-state index is 11.7. The molecule has 4 heteroatoms. The van der Waals surface area contributed by atoms with Crippen LogP contribution in [-0.4, -0.2) is 9.97 Å². The summed E-state index contributed by atoms with van der Waals surface area (Å²) in [5.74, 6) is 0. The zero-order valence-electron chi connectivity index (χ0n) is 11.0. The highest BCUT2D eigenvalue weighted by molar-refractivity contribution is 5.32. The van der Waals surface area contributed by atoms with Gasteiger partial charge in [-0.3, -0.25) is 9.59 Å². The molecule has 0 amide bonds. The Morgan fingerprint density at radius 2 is 1.72 bits per heavy atom. The van der Waals surface area contributed by atoms with Gasteiger partial charge in [0.25, 0.3) is 11.1 Å². The highest BCUT2D eigenvalue weighted by Gasteiger charge is 1.93. The molecule has 18 heavy (non-hydrogen) atoms. The van der Waals surface area contributed by atoms with E-state index in [4.69, 9.17) is 0 Å². The van der Waals surface area contributed by atoms with Crippen molar-refractivity contribution in [2.45, 2.75) is 39.5 Å². The minimum atomic E-state index is -0.269. The predicted octanol–water partition coefficient (Wildman–Crippen LogP) is 0.781. The first-order chi connectivity index (χ1) is 8.69. The van der Waals surface area contributed by atoms with Crippen LogP contribution >= 0.6 is 0 Å². The molecule has 4 nitrogen and oxygen atoms in total. The minimum Gasteiger partial charge on any atom is -0.316 e. The fraction of sp³-hybridized carbons (Fsp3) is 0.429. The lowest BCUT2D eigenvalue weighted by atomic mass is 10.2. The van der Waals surface area contributed by atoms with E-state index in [1.54, 1.807) is 24.3 Å². The van der Waals surface area contributed by atoms with Crippen LogP contribution in [0.3, 0.4) is 0 Å². The summed E-state index contributed by atoms with van der Waals surface area (Å²) in [6, 6.07) is 0. The normalized spacial score (nSPS) is 13.7. The van der Waals surface area contributed by atoms with Gasteiger partial charge in [0.1, 0.15) is 10.7 Å². The molecule has 1 aromatic rings. The molecule has 0 unspecified atom stereocenters. The van der Waals surface area contributed by atoms with E-state index < -0.39 is 0 Å². The van der Waals surface area contributed by atoms with Crippen molar-refractivity contribution in [2.75, 3.05) is 0 Å². The van der Waals surface area contributed by atoms with Crippen molar-refractivity contribution in [3.05, 3.63) is 43.6 Å². The summed E-state index contributed by atoms with van der Waals surface area (Å²) in [7, 11) is 0. The van der Waals surface area contributed by atoms with E-state index in [2.05, 4.69) is 16.9 Å². The smallest absolute Gasteiger partial charge is 0.272 e. The number of H-pyrrole nitrogens is 2. The quantitative estimate of drug-likeness (QED) is 0.756. The molecular weight excluding hydrogens is 228 g/mol. The summed E-state index contributed by atoms with van der Waals surface area (Å²) in [4.78, 5) is 28.6. The molecule has 0 fully saturated rings. The first-order valence-corrected chi connectivity index (χ1v) is 6.34. The molecule has 0 bridgehead atoms. The summed E-state index contributed by atoms with van der Waals surface area (Å²) >= 11 is 0. The summed E-state index contributed by atoms with van der Waals surface area (Å²) in [5.41, 5.74) is -0.517. The highest BCUT2D eigenvalue weighted by Crippen LogP contribution is 1.98. The number of aromatic amines is 2. The Morgan fingerprint density at radius 3 is 2.39 bits per heavy atom. The molecule has 2 N–H and O–H groups in total. The van der Waals surface area contributed by atoms with Gasteiger partial charge in [-0.2, -0.15) is 0 Å². The topological polar surface area (TPSA) is 65.7 Å². The maximum Gasteiger partial charge on any atom is 0.272 e. The Hall–Kier alpha value is -1.84. The third-order valence-electron chi connectivity index (χ3n) is 2.60. The van der Waals surface area contributed by atoms with E-state index in [0.717, 1.165) is 25.7 Å². The molecule has 0 radical (unpaired) electrons. The molecule has 0 spiro atoms. The van der Waals surface area contributed by atoms with E-state index in [0.29, 0.717) is 5.35 Å². The molecule has 0 aliphatic rings. The molecular formula is C14H20N2O2. The maximum absolute atomic E-state index is 11.7. The predicted molar refractivity (Wildman–Crippen MR) is 74.8 cm³/mol. The molecule has 1 heterocycles. The van der Waals surface area contributed by atoms with Gasteiger partial charge in [0.05, 0.1) is 0 Å². The van der Waals surface area contributed by atoms with Crippen LogP contribution in [0.15, 0.2) is 21.7 Å². The molecule has 98 valence electrons. The van der Waals surface area contributed by atoms with Gasteiger partial charge in [0.15, 0.2) is 0 Å². The number of allylic oxidation sites excluding steroid dienone is 2. The van der Waals surface area contributed by atoms with Crippen molar-refractivity contribution in [1.82, 2.24) is 9.97 Å². The molecule has 0 atom stereocenters. The molecule has 0 aliphatic carbocycles. The van der Waals surface area contributed by atoms with Crippen molar-refractivity contribution in [2.24, 2.45) is 0 Å². The van der Waals surface area contributed by atoms with Gasteiger partial charge in [-0.25, -0.2) is 0 Å². The number of hydrogen-bond donors (Lipinski definition) is 2. The van der Waals surface area contributed by atoms with Crippen LogP contribution in [0.25, 0.3) is 12.2 Å². The van der Waals surface area contributed by atoms with Gasteiger partial charge in [-0.15, -0.1) is 0 Å². The van der Waals surface area contributed by atoms with E-state index in [9.17, 15) is 9.59 Å². The fourth-order valence-electron chi connectivity index (χ4n) is 1.59. The Kier molecular flexibility index (Phi) is 5.91. The lowest BCUT2D eigenvalue weighted by Gasteiger charge is -1.92. The number of aromatic nitrogens is 2. The third kappa shape index (κ3) is 4.20. The first kappa shape index (κ1) is 14.2. The van der Waals surface area contributed by atoms with Crippen molar-refractivity contribution in [3.63, 3.8) is 0 Å². The van der Waals surface area contributed by atoms with Gasteiger partial charge < -0.3 is 9.97 Å². The Labute approximate surface area is 106 Å². The minimum absolute atomic E-state index is 0.248. The van der Waals surface area contributed by atoms with Crippen molar-refractivity contribution in [1.29, 1.82) is 0 Å². The van der Waals surface area contributed by atoms with Crippen LogP contribution in [0.4, 0.5) is 0 Å². The summed E-state index contributed by atoms with van der Waals surface area (Å²) in [6.45, 7) is 3.97. The number of nitrogens with one attached hydrogen (secondary N) is 2. The van der Waals surface area contributed by atoms with Gasteiger partial charge >= 0.3 is 0 Å². The summed E-state index contributed by atoms with van der Waals surface area (Å²) < 4.78 is 0. The second-order valence-corrected chi connectivity index (χ2v) is 4.13. The van der Waals surface area contributed by atoms with Gasteiger partial charge in [-0.05, 0) is 25.8 Å². The largest absolute Gasteiger partial charge is 0.316 e. The lowest BCUT2D eigenvalue weighted by molar-refractivity contribution is 0.739. The van der Waals surface area contributed by atoms with E-state index in [1.807, 2.05) is 6.92 Å². The number of rotatable bonds is 5. The van der Waals surface area contributed by atoms with E-state index in [1.165, 1.54) is 0 Å². The van der Waals surface area contributed by atoms with Crippen LogP contribution in [0.2, 0.25) is 0 Å². The monoisotopic (exact) mass is 248 g/mol. The first-order valence-electron chi connectivity index (χ1n) is 6.34. The van der Waals surface area contributed by atoms with E-state index >= 15 is 0 Å². The average Bonchev–Trinajstić information content (AvgIpc) is 2.36. The molecule has 1 rings (SSSR count). The molecule has 0 aromatic carbocycles. The van der Waals surface area contributed by atoms with Crippen molar-refractivity contribution >= 4 is 12.2 Å². The number of unbranched alkanes of at least 4 members (excludes halogenated alkanes) is 3. The number of hydrogen-bond acceptors (Lipinski definition) is 2. The average molecular weight is 248 g/mol. The highest BCUT2D eigenvalue weighted by atomic mass is 16.1. The van der Waals surface area contributed by atoms with Crippen molar-refractivity contribution < 1.29 is 0 Å². The summed E-state index contributed by atoms with van der Waals surface area (Å²) in [6.07, 6.45) is 11.0. The standard InChI is InChI=1S/C14H20N2O2/c1-3-5-7-8-10-12-14(18)15-11(9-6-4-2)13(17)16-12/h4,6,9-10H,3,5,7-8H2,1-2H3,(H,15,18)(H,16,17)/b6-4+,11-9+,12-10+. The van der Waals surface area contributed by atoms with Crippen LogP contribution in [0, 0.1) is 0 Å². The molecule has 0 aliphatic heterocycles. The zero-order valence-corrected chi connectivity index (χ0v) is 11.0. The van der Waals surface area contributed by atoms with Crippen LogP contribution in [0.1, 0.15) is 39.5 Å². The second-order valence-electron chi connectivity index (χ2n) is 4.13. The third-order valence-corrected chi connectivity index (χ3v) is 2.60. The van der Waals surface area contributed by atoms with Crippen LogP contribution in [0.5, 0.6) is 0 Å². The van der Waals surface area contributed by atoms with Gasteiger partial charge in [-0.1, -0.05) is 38.0 Å². The molecule has 0 saturated heterocycles. The van der Waals surface area contributed by atoms with Crippen LogP contribution in [-0.2, 0) is 0 Å². The van der Waals surface area contributed by atoms with E-state index in [-0.39, 0.29) is 16.5 Å². The zero-order chi connectivity index (χ0) is 13.4. The Bertz CT molecular complexity index is 620. The lowest BCUT2D eigenvalue weighted by Crippen LogP contribution is -2.46. The Morgan fingerprint density at radius 1 is 1.06 bits per heavy atom. The fourth-order valence-corrected chi connectivity index (χ4v) is 1.59. The second kappa shape index (κ2) is 7.48. The Balaban J connectivity index is 3.08.